The van der Waals surface area contributed by atoms with Gasteiger partial charge in [-0.2, -0.15) is 0 Å². The number of Topliss-reactive ketones (excluding diaryl/α,β-unsaturated/α-hetero) is 1. The van der Waals surface area contributed by atoms with Gasteiger partial charge in [0, 0.05) is 35.7 Å². The molecule has 22 heavy (non-hydrogen) atoms. The minimum absolute atomic E-state index is 0.404. The number of hydrogen-bond acceptors (Lipinski definition) is 4. The predicted molar refractivity (Wildman–Crippen MR) is 81.6 cm³/mol. The summed E-state index contributed by atoms with van der Waals surface area (Å²) < 4.78 is 136. The molecular formula is C18H21NO3. The van der Waals surface area contributed by atoms with E-state index in [-0.39, 0.29) is 0 Å². The average molecular weight is 314 g/mol. The highest BCUT2D eigenvalue weighted by molar-refractivity contribution is 5.89. The van der Waals surface area contributed by atoms with Crippen molar-refractivity contribution in [2.45, 2.75) is 43.1 Å². The monoisotopic (exact) mass is 314 g/mol. The molecule has 1 saturated carbocycles. The first-order valence-corrected chi connectivity index (χ1v) is 6.84. The summed E-state index contributed by atoms with van der Waals surface area (Å²) in [5.74, 6) is -6.05. The van der Waals surface area contributed by atoms with Crippen molar-refractivity contribution in [2.75, 3.05) is 20.6 Å². The molecule has 0 aromatic heterocycles. The van der Waals surface area contributed by atoms with Gasteiger partial charge in [0.25, 0.3) is 0 Å². The van der Waals surface area contributed by atoms with Crippen LogP contribution in [0.2, 0.25) is 0 Å². The van der Waals surface area contributed by atoms with Crippen LogP contribution in [0.15, 0.2) is 12.1 Å². The van der Waals surface area contributed by atoms with Crippen molar-refractivity contribution in [3.05, 3.63) is 23.2 Å². The number of piperidine rings is 1. The predicted octanol–water partition coefficient (Wildman–Crippen LogP) is 1.93. The van der Waals surface area contributed by atoms with Gasteiger partial charge in [0.05, 0.1) is 15.3 Å². The summed E-state index contributed by atoms with van der Waals surface area (Å²) in [7, 11) is -3.22. The van der Waals surface area contributed by atoms with E-state index in [0.717, 1.165) is 0 Å². The van der Waals surface area contributed by atoms with E-state index in [2.05, 4.69) is 0 Å². The van der Waals surface area contributed by atoms with Crippen molar-refractivity contribution >= 4 is 5.78 Å². The fraction of sp³-hybridized carbons (Fsp3) is 0.611. The zero-order valence-corrected chi connectivity index (χ0v) is 11.3. The Morgan fingerprint density at radius 1 is 1.64 bits per heavy atom. The Balaban J connectivity index is 2.02. The van der Waals surface area contributed by atoms with Crippen LogP contribution in [-0.4, -0.2) is 43.3 Å². The molecule has 4 heteroatoms. The molecule has 2 aliphatic carbocycles. The van der Waals surface area contributed by atoms with E-state index in [4.69, 9.17) is 27.3 Å². The number of ketones is 1. The van der Waals surface area contributed by atoms with Crippen molar-refractivity contribution in [1.29, 1.82) is 0 Å². The quantitative estimate of drug-likeness (QED) is 0.794. The highest BCUT2D eigenvalue weighted by Crippen LogP contribution is 2.62. The van der Waals surface area contributed by atoms with Crippen molar-refractivity contribution in [3.8, 4) is 11.5 Å². The lowest BCUT2D eigenvalue weighted by atomic mass is 9.52. The molecule has 1 aromatic rings. The van der Waals surface area contributed by atoms with Crippen molar-refractivity contribution in [3.63, 3.8) is 0 Å². The lowest BCUT2D eigenvalue weighted by molar-refractivity contribution is -0.138. The molecule has 4 nitrogen and oxygen atoms in total. The Hall–Kier alpha value is -1.55. The molecule has 4 aliphatic rings. The van der Waals surface area contributed by atoms with Crippen molar-refractivity contribution < 1.29 is 34.8 Å². The summed E-state index contributed by atoms with van der Waals surface area (Å²) in [6.07, 6.45) is -11.1. The van der Waals surface area contributed by atoms with Gasteiger partial charge in [-0.25, -0.2) is 0 Å². The lowest BCUT2D eigenvalue weighted by Gasteiger charge is -2.57. The summed E-state index contributed by atoms with van der Waals surface area (Å²) in [6, 6.07) is -5.19. The molecule has 1 saturated heterocycles. The zero-order valence-electron chi connectivity index (χ0n) is 26.3. The highest BCUT2D eigenvalue weighted by atomic mass is 16.5. The molecule has 2 aliphatic heterocycles. The number of carbonyl (C=O) groups is 1. The van der Waals surface area contributed by atoms with Crippen LogP contribution in [-0.2, 0) is 16.6 Å². The van der Waals surface area contributed by atoms with E-state index in [1.54, 1.807) is 0 Å². The largest absolute Gasteiger partial charge is 0.493 e. The molecule has 116 valence electrons. The van der Waals surface area contributed by atoms with Crippen LogP contribution in [0.3, 0.4) is 0 Å². The molecule has 2 bridgehead atoms. The van der Waals surface area contributed by atoms with Crippen LogP contribution >= 0.6 is 0 Å². The van der Waals surface area contributed by atoms with Crippen LogP contribution in [0.25, 0.3) is 0 Å². The molecule has 2 fully saturated rings. The topological polar surface area (TPSA) is 38.8 Å². The second-order valence-corrected chi connectivity index (χ2v) is 5.63. The van der Waals surface area contributed by atoms with Gasteiger partial charge in [0.15, 0.2) is 23.4 Å². The lowest BCUT2D eigenvalue weighted by Crippen LogP contribution is -2.65. The number of ether oxygens (including phenoxy) is 2. The number of carbonyl (C=O) groups excluding carboxylic acids is 1. The minimum atomic E-state index is -3.27. The third kappa shape index (κ3) is 1.27. The van der Waals surface area contributed by atoms with E-state index in [0.29, 0.717) is 4.90 Å². The van der Waals surface area contributed by atoms with Crippen LogP contribution in [0.1, 0.15) is 50.9 Å². The third-order valence-corrected chi connectivity index (χ3v) is 4.76. The maximum atomic E-state index is 13.5. The molecular weight excluding hydrogens is 278 g/mol. The molecule has 1 spiro atoms. The number of hydrogen-bond donors (Lipinski definition) is 0. The van der Waals surface area contributed by atoms with Crippen LogP contribution < -0.4 is 9.47 Å². The van der Waals surface area contributed by atoms with Gasteiger partial charge in [-0.1, -0.05) is 6.04 Å². The number of likely N-dealkylation sites (tertiary alicyclic amines) is 1. The third-order valence-electron chi connectivity index (χ3n) is 4.76. The standard InChI is InChI=1S/C18H21NO3/c1-19-8-7-18-11-4-5-13(20)17(18)22-16-14(21-2)6-3-10(15(16)18)9-12(11)19/h3,6,11-12,17H,4-5,7-9H2,1-2H3/t11-,12+,17?,18-/m0/s1/i1D3,2D3,3D,5D2,6D,9D2,11D,12D,17D. The molecule has 0 amide bonds. The molecule has 4 atom stereocenters. The summed E-state index contributed by atoms with van der Waals surface area (Å²) in [6.45, 7) is -3.82. The summed E-state index contributed by atoms with van der Waals surface area (Å²) in [4.78, 5) is 13.9. The maximum absolute atomic E-state index is 13.5. The molecule has 0 radical (unpaired) electrons. The maximum Gasteiger partial charge on any atom is 0.174 e. The van der Waals surface area contributed by atoms with Gasteiger partial charge in [0.1, 0.15) is 0 Å². The van der Waals surface area contributed by atoms with Crippen molar-refractivity contribution in [2.24, 2.45) is 5.89 Å². The Morgan fingerprint density at radius 2 is 2.59 bits per heavy atom. The van der Waals surface area contributed by atoms with Gasteiger partial charge in [-0.05, 0) is 50.2 Å². The molecule has 1 aromatic carbocycles. The van der Waals surface area contributed by atoms with Gasteiger partial charge in [0.2, 0.25) is 0 Å². The smallest absolute Gasteiger partial charge is 0.174 e. The molecule has 5 rings (SSSR count). The molecule has 0 N–H and O–H groups in total. The van der Waals surface area contributed by atoms with Gasteiger partial charge >= 0.3 is 0 Å². The van der Waals surface area contributed by atoms with Gasteiger partial charge < -0.3 is 14.4 Å². The first-order valence-electron chi connectivity index (χ1n) is 14.3. The van der Waals surface area contributed by atoms with Gasteiger partial charge in [-0.3, -0.25) is 4.79 Å². The number of methoxy groups -OCH3 is 1. The normalized spacial score (nSPS) is 64.2. The SMILES string of the molecule is [2H]c1c([2H])c2c3c(c1OC([2H])([2H])[2H])OC1([2H])C(=O)C([2H])([2H])C[C@]4([2H])[C@@]31CCN(C([2H])([2H])[2H])[C@]4([2H])C2([2H])[2H]. The Bertz CT molecular complexity index is 1260. The van der Waals surface area contributed by atoms with Crippen LogP contribution in [0.4, 0.5) is 0 Å². The average Bonchev–Trinajstić information content (AvgIpc) is 2.96. The number of likely N-dealkylation sites (N-methyl/N-ethyl adjacent to an activating group) is 1. The highest BCUT2D eigenvalue weighted by Gasteiger charge is 2.65. The molecule has 2 heterocycles. The van der Waals surface area contributed by atoms with E-state index in [1.807, 2.05) is 0 Å². The first kappa shape index (κ1) is 4.97. The van der Waals surface area contributed by atoms with E-state index in [1.165, 1.54) is 0 Å². The summed E-state index contributed by atoms with van der Waals surface area (Å²) >= 11 is 0. The number of rotatable bonds is 1. The van der Waals surface area contributed by atoms with E-state index in [9.17, 15) is 7.54 Å². The fourth-order valence-corrected chi connectivity index (χ4v) is 3.86. The Labute approximate surface area is 151 Å². The molecule has 1 unspecified atom stereocenters. The van der Waals surface area contributed by atoms with Crippen molar-refractivity contribution in [1.82, 2.24) is 4.90 Å². The first-order chi connectivity index (χ1) is 16.5. The zero-order chi connectivity index (χ0) is 28.2. The fourth-order valence-electron chi connectivity index (χ4n) is 3.86. The summed E-state index contributed by atoms with van der Waals surface area (Å²) in [5, 5.41) is 0. The second kappa shape index (κ2) is 4.05. The minimum Gasteiger partial charge on any atom is -0.493 e. The van der Waals surface area contributed by atoms with E-state index >= 15 is 0 Å². The second-order valence-electron chi connectivity index (χ2n) is 5.63. The number of benzene rings is 1. The Morgan fingerprint density at radius 3 is 3.45 bits per heavy atom. The number of nitrogens with zero attached hydrogens (tertiary/aromatic N) is 1. The van der Waals surface area contributed by atoms with Crippen LogP contribution in [0.5, 0.6) is 11.5 Å². The van der Waals surface area contributed by atoms with Gasteiger partial charge in [-0.15, -0.1) is 0 Å². The summed E-state index contributed by atoms with van der Waals surface area (Å²) in [5.41, 5.74) is -3.68. The van der Waals surface area contributed by atoms with E-state index < -0.39 is 110 Å². The van der Waals surface area contributed by atoms with Crippen LogP contribution in [0, 0.1) is 5.89 Å². The Kier molecular flexibility index (Phi) is 0.914.